The van der Waals surface area contributed by atoms with Crippen LogP contribution in [-0.4, -0.2) is 10.9 Å². The molecule has 0 radical (unpaired) electrons. The van der Waals surface area contributed by atoms with Gasteiger partial charge in [-0.1, -0.05) is 35.4 Å². The summed E-state index contributed by atoms with van der Waals surface area (Å²) >= 11 is 14.8. The van der Waals surface area contributed by atoms with Crippen molar-refractivity contribution in [1.82, 2.24) is 4.98 Å². The van der Waals surface area contributed by atoms with Gasteiger partial charge < -0.3 is 5.32 Å². The summed E-state index contributed by atoms with van der Waals surface area (Å²) in [6, 6.07) is 1.79. The molecule has 21 heavy (non-hydrogen) atoms. The number of carbonyl (C=O) groups excluding carboxylic acids is 1. The highest BCUT2D eigenvalue weighted by Crippen LogP contribution is 2.39. The van der Waals surface area contributed by atoms with Crippen LogP contribution in [-0.2, 0) is 4.79 Å². The first-order chi connectivity index (χ1) is 10.1. The number of nitrogens with zero attached hydrogens (tertiary/aromatic N) is 1. The van der Waals surface area contributed by atoms with Crippen molar-refractivity contribution in [3.05, 3.63) is 32.3 Å². The van der Waals surface area contributed by atoms with E-state index in [4.69, 9.17) is 23.2 Å². The third-order valence-corrected chi connectivity index (χ3v) is 5.55. The van der Waals surface area contributed by atoms with Crippen molar-refractivity contribution in [2.45, 2.75) is 19.3 Å². The van der Waals surface area contributed by atoms with Gasteiger partial charge in [0.05, 0.1) is 10.0 Å². The quantitative estimate of drug-likeness (QED) is 0.738. The Bertz CT molecular complexity index is 693. The lowest BCUT2D eigenvalue weighted by Gasteiger charge is -2.15. The number of rotatable bonds is 3. The number of hydrogen-bond donors (Lipinski definition) is 1. The second-order valence-electron chi connectivity index (χ2n) is 4.75. The van der Waals surface area contributed by atoms with E-state index in [2.05, 4.69) is 22.5 Å². The summed E-state index contributed by atoms with van der Waals surface area (Å²) in [6.45, 7) is 0. The zero-order chi connectivity index (χ0) is 14.8. The van der Waals surface area contributed by atoms with Crippen molar-refractivity contribution in [3.8, 4) is 11.3 Å². The van der Waals surface area contributed by atoms with Crippen molar-refractivity contribution in [3.63, 3.8) is 0 Å². The molecule has 0 saturated heterocycles. The summed E-state index contributed by atoms with van der Waals surface area (Å²) in [5.41, 5.74) is 1.55. The highest BCUT2D eigenvalue weighted by atomic mass is 35.5. The van der Waals surface area contributed by atoms with Crippen LogP contribution in [0.2, 0.25) is 8.67 Å². The van der Waals surface area contributed by atoms with E-state index in [1.807, 2.05) is 5.38 Å². The molecule has 0 aromatic carbocycles. The fraction of sp³-hybridized carbons (Fsp3) is 0.286. The molecule has 1 amide bonds. The number of amides is 1. The maximum Gasteiger partial charge on any atom is 0.229 e. The van der Waals surface area contributed by atoms with Gasteiger partial charge in [0.1, 0.15) is 4.34 Å². The molecule has 0 aliphatic heterocycles. The highest BCUT2D eigenvalue weighted by molar-refractivity contribution is 7.20. The van der Waals surface area contributed by atoms with Gasteiger partial charge in [-0.15, -0.1) is 22.7 Å². The third kappa shape index (κ3) is 3.48. The Hall–Kier alpha value is -0.880. The molecule has 3 rings (SSSR count). The van der Waals surface area contributed by atoms with E-state index in [0.29, 0.717) is 13.8 Å². The minimum Gasteiger partial charge on any atom is -0.302 e. The van der Waals surface area contributed by atoms with Crippen molar-refractivity contribution in [2.24, 2.45) is 5.92 Å². The van der Waals surface area contributed by atoms with Crippen molar-refractivity contribution in [2.75, 3.05) is 5.32 Å². The minimum absolute atomic E-state index is 0.0368. The Morgan fingerprint density at radius 3 is 2.90 bits per heavy atom. The van der Waals surface area contributed by atoms with Crippen LogP contribution in [0.5, 0.6) is 0 Å². The normalized spacial score (nSPS) is 17.9. The van der Waals surface area contributed by atoms with E-state index >= 15 is 0 Å². The fourth-order valence-corrected chi connectivity index (χ4v) is 4.40. The largest absolute Gasteiger partial charge is 0.302 e. The van der Waals surface area contributed by atoms with Gasteiger partial charge in [-0.25, -0.2) is 4.98 Å². The average Bonchev–Trinajstić information content (AvgIpc) is 3.06. The summed E-state index contributed by atoms with van der Waals surface area (Å²) in [4.78, 5) is 16.6. The number of thiophene rings is 1. The Balaban J connectivity index is 1.72. The summed E-state index contributed by atoms with van der Waals surface area (Å²) < 4.78 is 1.24. The van der Waals surface area contributed by atoms with Gasteiger partial charge >= 0.3 is 0 Å². The van der Waals surface area contributed by atoms with E-state index in [1.165, 1.54) is 22.7 Å². The zero-order valence-electron chi connectivity index (χ0n) is 10.9. The van der Waals surface area contributed by atoms with Gasteiger partial charge in [-0.05, 0) is 25.3 Å². The SMILES string of the molecule is O=C(Nc1nc(-c2cc(Cl)sc2Cl)cs1)C1CC=CCC1. The number of carbonyl (C=O) groups is 1. The molecule has 0 bridgehead atoms. The first kappa shape index (κ1) is 15.0. The maximum absolute atomic E-state index is 12.2. The molecule has 0 spiro atoms. The summed E-state index contributed by atoms with van der Waals surface area (Å²) in [6.07, 6.45) is 6.84. The van der Waals surface area contributed by atoms with E-state index in [0.717, 1.165) is 30.5 Å². The highest BCUT2D eigenvalue weighted by Gasteiger charge is 2.20. The second kappa shape index (κ2) is 6.48. The Labute approximate surface area is 140 Å². The van der Waals surface area contributed by atoms with E-state index in [9.17, 15) is 4.79 Å². The molecule has 1 aliphatic rings. The number of anilines is 1. The number of nitrogens with one attached hydrogen (secondary N) is 1. The van der Waals surface area contributed by atoms with Crippen molar-refractivity contribution in [1.29, 1.82) is 0 Å². The first-order valence-electron chi connectivity index (χ1n) is 6.50. The van der Waals surface area contributed by atoms with Gasteiger partial charge in [-0.3, -0.25) is 4.79 Å². The standard InChI is InChI=1S/C14H12Cl2N2OS2/c15-11-6-9(12(16)21-11)10-7-20-14(17-10)18-13(19)8-4-2-1-3-5-8/h1-2,6-8H,3-5H2,(H,17,18,19). The fourth-order valence-electron chi connectivity index (χ4n) is 2.21. The third-order valence-electron chi connectivity index (χ3n) is 3.31. The second-order valence-corrected chi connectivity index (χ2v) is 7.89. The van der Waals surface area contributed by atoms with Gasteiger partial charge in [-0.2, -0.15) is 0 Å². The number of thiazole rings is 1. The monoisotopic (exact) mass is 358 g/mol. The number of aromatic nitrogens is 1. The van der Waals surface area contributed by atoms with Crippen molar-refractivity contribution < 1.29 is 4.79 Å². The molecule has 0 fully saturated rings. The Kier molecular flexibility index (Phi) is 4.64. The lowest BCUT2D eigenvalue weighted by Crippen LogP contribution is -2.23. The zero-order valence-corrected chi connectivity index (χ0v) is 14.1. The predicted molar refractivity (Wildman–Crippen MR) is 90.6 cm³/mol. The molecule has 2 heterocycles. The summed E-state index contributed by atoms with van der Waals surface area (Å²) in [5, 5.41) is 5.37. The molecule has 2 aromatic heterocycles. The Morgan fingerprint density at radius 2 is 2.24 bits per heavy atom. The van der Waals surface area contributed by atoms with Crippen LogP contribution in [0.4, 0.5) is 5.13 Å². The topological polar surface area (TPSA) is 42.0 Å². The lowest BCUT2D eigenvalue weighted by molar-refractivity contribution is -0.120. The minimum atomic E-state index is 0.0368. The molecule has 1 unspecified atom stereocenters. The molecule has 1 atom stereocenters. The molecule has 1 N–H and O–H groups in total. The predicted octanol–water partition coefficient (Wildman–Crippen LogP) is 5.47. The summed E-state index contributed by atoms with van der Waals surface area (Å²) in [5.74, 6) is 0.0798. The van der Waals surface area contributed by atoms with E-state index < -0.39 is 0 Å². The molecule has 110 valence electrons. The maximum atomic E-state index is 12.2. The van der Waals surface area contributed by atoms with Crippen LogP contribution in [0.3, 0.4) is 0 Å². The molecule has 2 aromatic rings. The van der Waals surface area contributed by atoms with Crippen LogP contribution >= 0.6 is 45.9 Å². The summed E-state index contributed by atoms with van der Waals surface area (Å²) in [7, 11) is 0. The van der Waals surface area contributed by atoms with Crippen LogP contribution in [0.15, 0.2) is 23.6 Å². The van der Waals surface area contributed by atoms with Gasteiger partial charge in [0.15, 0.2) is 5.13 Å². The van der Waals surface area contributed by atoms with Crippen molar-refractivity contribution >= 4 is 56.9 Å². The van der Waals surface area contributed by atoms with Gasteiger partial charge in [0.25, 0.3) is 0 Å². The number of hydrogen-bond acceptors (Lipinski definition) is 4. The smallest absolute Gasteiger partial charge is 0.229 e. The van der Waals surface area contributed by atoms with Crippen LogP contribution in [0.1, 0.15) is 19.3 Å². The lowest BCUT2D eigenvalue weighted by atomic mass is 9.94. The molecule has 3 nitrogen and oxygen atoms in total. The van der Waals surface area contributed by atoms with Crippen LogP contribution in [0, 0.1) is 5.92 Å². The molecule has 1 aliphatic carbocycles. The first-order valence-corrected chi connectivity index (χ1v) is 8.95. The van der Waals surface area contributed by atoms with Gasteiger partial charge in [0, 0.05) is 16.9 Å². The molecule has 7 heteroatoms. The van der Waals surface area contributed by atoms with Crippen LogP contribution in [0.25, 0.3) is 11.3 Å². The number of allylic oxidation sites excluding steroid dienone is 2. The molecular formula is C14H12Cl2N2OS2. The van der Waals surface area contributed by atoms with Crippen LogP contribution < -0.4 is 5.32 Å². The Morgan fingerprint density at radius 1 is 1.38 bits per heavy atom. The number of halogens is 2. The molecule has 0 saturated carbocycles. The molecular weight excluding hydrogens is 347 g/mol. The average molecular weight is 359 g/mol. The van der Waals surface area contributed by atoms with E-state index in [-0.39, 0.29) is 11.8 Å². The van der Waals surface area contributed by atoms with Gasteiger partial charge in [0.2, 0.25) is 5.91 Å². The van der Waals surface area contributed by atoms with E-state index in [1.54, 1.807) is 6.07 Å².